The van der Waals surface area contributed by atoms with Gasteiger partial charge in [0.2, 0.25) is 10.0 Å². The maximum absolute atomic E-state index is 13.1. The number of carbonyl (C=O) groups excluding carboxylic acids is 1. The lowest BCUT2D eigenvalue weighted by atomic mass is 9.99. The molecule has 3 aromatic rings. The van der Waals surface area contributed by atoms with Crippen molar-refractivity contribution in [3.8, 4) is 5.75 Å². The summed E-state index contributed by atoms with van der Waals surface area (Å²) in [5.41, 5.74) is 1.26. The number of sulfonamides is 1. The molecule has 0 saturated heterocycles. The van der Waals surface area contributed by atoms with Crippen molar-refractivity contribution in [2.75, 3.05) is 20.2 Å². The third-order valence-corrected chi connectivity index (χ3v) is 7.46. The standard InChI is InChI=1S/C24H28N2O4S/c1-5-26(6-2)31(28,29)23-16-19(14-15-22(23)30-4)24(27)25-17(3)20-13-9-11-18-10-7-8-12-21(18)20/h7-17H,5-6H2,1-4H3,(H,25,27). The molecule has 0 radical (unpaired) electrons. The maximum atomic E-state index is 13.1. The Hall–Kier alpha value is -2.90. The highest BCUT2D eigenvalue weighted by Gasteiger charge is 2.27. The van der Waals surface area contributed by atoms with Gasteiger partial charge in [0.25, 0.3) is 5.91 Å². The normalized spacial score (nSPS) is 12.7. The first-order valence-corrected chi connectivity index (χ1v) is 11.7. The largest absolute Gasteiger partial charge is 0.495 e. The van der Waals surface area contributed by atoms with Gasteiger partial charge in [0.05, 0.1) is 13.2 Å². The van der Waals surface area contributed by atoms with E-state index in [1.807, 2.05) is 49.4 Å². The molecule has 0 aliphatic carbocycles. The van der Waals surface area contributed by atoms with E-state index in [2.05, 4.69) is 5.32 Å². The Morgan fingerprint density at radius 2 is 1.71 bits per heavy atom. The van der Waals surface area contributed by atoms with E-state index in [4.69, 9.17) is 4.74 Å². The molecule has 6 nitrogen and oxygen atoms in total. The van der Waals surface area contributed by atoms with Gasteiger partial charge in [-0.15, -0.1) is 0 Å². The van der Waals surface area contributed by atoms with Crippen LogP contribution in [0.3, 0.4) is 0 Å². The van der Waals surface area contributed by atoms with Crippen molar-refractivity contribution in [1.29, 1.82) is 0 Å². The van der Waals surface area contributed by atoms with Crippen LogP contribution in [0.15, 0.2) is 65.6 Å². The molecular formula is C24H28N2O4S. The van der Waals surface area contributed by atoms with Crippen LogP contribution in [-0.4, -0.2) is 38.8 Å². The van der Waals surface area contributed by atoms with E-state index in [1.165, 1.54) is 23.5 Å². The van der Waals surface area contributed by atoms with Crippen LogP contribution in [0, 0.1) is 0 Å². The number of amides is 1. The van der Waals surface area contributed by atoms with Crippen molar-refractivity contribution in [3.63, 3.8) is 0 Å². The SMILES string of the molecule is CCN(CC)S(=O)(=O)c1cc(C(=O)NC(C)c2cccc3ccccc23)ccc1OC. The summed E-state index contributed by atoms with van der Waals surface area (Å²) in [4.78, 5) is 13.0. The van der Waals surface area contributed by atoms with Crippen LogP contribution in [0.4, 0.5) is 0 Å². The molecule has 1 N–H and O–H groups in total. The van der Waals surface area contributed by atoms with Gasteiger partial charge < -0.3 is 10.1 Å². The Morgan fingerprint density at radius 1 is 1.03 bits per heavy atom. The number of nitrogens with zero attached hydrogens (tertiary/aromatic N) is 1. The second-order valence-corrected chi connectivity index (χ2v) is 9.12. The van der Waals surface area contributed by atoms with E-state index in [0.29, 0.717) is 13.1 Å². The van der Waals surface area contributed by atoms with Crippen LogP contribution in [0.5, 0.6) is 5.75 Å². The predicted molar refractivity (Wildman–Crippen MR) is 123 cm³/mol. The molecule has 3 aromatic carbocycles. The van der Waals surface area contributed by atoms with Crippen molar-refractivity contribution in [1.82, 2.24) is 9.62 Å². The smallest absolute Gasteiger partial charge is 0.251 e. The van der Waals surface area contributed by atoms with Crippen LogP contribution in [0.25, 0.3) is 10.8 Å². The average Bonchev–Trinajstić information content (AvgIpc) is 2.78. The zero-order chi connectivity index (χ0) is 22.6. The fourth-order valence-corrected chi connectivity index (χ4v) is 5.35. The Bertz CT molecular complexity index is 1180. The average molecular weight is 441 g/mol. The topological polar surface area (TPSA) is 75.7 Å². The number of carbonyl (C=O) groups is 1. The third-order valence-electron chi connectivity index (χ3n) is 5.39. The van der Waals surface area contributed by atoms with E-state index in [0.717, 1.165) is 16.3 Å². The second kappa shape index (κ2) is 9.49. The zero-order valence-electron chi connectivity index (χ0n) is 18.3. The van der Waals surface area contributed by atoms with Crippen molar-refractivity contribution in [3.05, 3.63) is 71.8 Å². The van der Waals surface area contributed by atoms with Gasteiger partial charge in [-0.05, 0) is 41.5 Å². The molecule has 1 atom stereocenters. The third kappa shape index (κ3) is 4.57. The molecule has 0 aliphatic heterocycles. The van der Waals surface area contributed by atoms with Gasteiger partial charge in [-0.1, -0.05) is 56.3 Å². The molecule has 0 saturated carbocycles. The van der Waals surface area contributed by atoms with Crippen molar-refractivity contribution < 1.29 is 17.9 Å². The van der Waals surface area contributed by atoms with Crippen LogP contribution >= 0.6 is 0 Å². The highest BCUT2D eigenvalue weighted by atomic mass is 32.2. The van der Waals surface area contributed by atoms with Gasteiger partial charge in [0, 0.05) is 18.7 Å². The van der Waals surface area contributed by atoms with Crippen molar-refractivity contribution >= 4 is 26.7 Å². The monoisotopic (exact) mass is 440 g/mol. The van der Waals surface area contributed by atoms with Crippen LogP contribution in [-0.2, 0) is 10.0 Å². The Labute approximate surface area is 183 Å². The van der Waals surface area contributed by atoms with E-state index < -0.39 is 10.0 Å². The predicted octanol–water partition coefficient (Wildman–Crippen LogP) is 4.37. The number of nitrogens with one attached hydrogen (secondary N) is 1. The fourth-order valence-electron chi connectivity index (χ4n) is 3.71. The summed E-state index contributed by atoms with van der Waals surface area (Å²) in [5.74, 6) is -0.135. The molecular weight excluding hydrogens is 412 g/mol. The van der Waals surface area contributed by atoms with E-state index in [-0.39, 0.29) is 28.2 Å². The van der Waals surface area contributed by atoms with Gasteiger partial charge in [0.15, 0.2) is 0 Å². The molecule has 0 bridgehead atoms. The van der Waals surface area contributed by atoms with Crippen molar-refractivity contribution in [2.24, 2.45) is 0 Å². The van der Waals surface area contributed by atoms with Crippen LogP contribution in [0.1, 0.15) is 42.7 Å². The molecule has 1 unspecified atom stereocenters. The summed E-state index contributed by atoms with van der Waals surface area (Å²) in [6.07, 6.45) is 0. The maximum Gasteiger partial charge on any atom is 0.251 e. The molecule has 0 spiro atoms. The fraction of sp³-hybridized carbons (Fsp3) is 0.292. The number of ether oxygens (including phenoxy) is 1. The van der Waals surface area contributed by atoms with E-state index >= 15 is 0 Å². The lowest BCUT2D eigenvalue weighted by Gasteiger charge is -2.21. The Balaban J connectivity index is 1.93. The summed E-state index contributed by atoms with van der Waals surface area (Å²) in [6, 6.07) is 18.2. The van der Waals surface area contributed by atoms with Gasteiger partial charge in [-0.2, -0.15) is 4.31 Å². The van der Waals surface area contributed by atoms with Gasteiger partial charge in [-0.25, -0.2) is 8.42 Å². The molecule has 3 rings (SSSR count). The van der Waals surface area contributed by atoms with Crippen LogP contribution < -0.4 is 10.1 Å². The molecule has 164 valence electrons. The summed E-state index contributed by atoms with van der Waals surface area (Å²) in [7, 11) is -2.37. The number of methoxy groups -OCH3 is 1. The minimum absolute atomic E-state index is 0.0100. The summed E-state index contributed by atoms with van der Waals surface area (Å²) >= 11 is 0. The molecule has 0 heterocycles. The van der Waals surface area contributed by atoms with Crippen molar-refractivity contribution in [2.45, 2.75) is 31.7 Å². The first-order valence-electron chi connectivity index (χ1n) is 10.3. The quantitative estimate of drug-likeness (QED) is 0.564. The van der Waals surface area contributed by atoms with Gasteiger partial charge in [0.1, 0.15) is 10.6 Å². The molecule has 0 aliphatic rings. The Morgan fingerprint density at radius 3 is 2.39 bits per heavy atom. The Kier molecular flexibility index (Phi) is 6.97. The summed E-state index contributed by atoms with van der Waals surface area (Å²) in [6.45, 7) is 6.12. The van der Waals surface area contributed by atoms with Gasteiger partial charge in [-0.3, -0.25) is 4.79 Å². The first-order chi connectivity index (χ1) is 14.8. The van der Waals surface area contributed by atoms with Gasteiger partial charge >= 0.3 is 0 Å². The molecule has 0 aromatic heterocycles. The zero-order valence-corrected chi connectivity index (χ0v) is 19.1. The number of fused-ring (bicyclic) bond motifs is 1. The number of hydrogen-bond acceptors (Lipinski definition) is 4. The molecule has 31 heavy (non-hydrogen) atoms. The molecule has 0 fully saturated rings. The number of rotatable bonds is 8. The lowest BCUT2D eigenvalue weighted by Crippen LogP contribution is -2.31. The highest BCUT2D eigenvalue weighted by Crippen LogP contribution is 2.29. The minimum Gasteiger partial charge on any atom is -0.495 e. The number of benzene rings is 3. The van der Waals surface area contributed by atoms with E-state index in [9.17, 15) is 13.2 Å². The van der Waals surface area contributed by atoms with Crippen LogP contribution in [0.2, 0.25) is 0 Å². The summed E-state index contributed by atoms with van der Waals surface area (Å²) < 4.78 is 32.7. The summed E-state index contributed by atoms with van der Waals surface area (Å²) in [5, 5.41) is 5.15. The molecule has 7 heteroatoms. The minimum atomic E-state index is -3.78. The second-order valence-electron chi connectivity index (χ2n) is 7.22. The van der Waals surface area contributed by atoms with E-state index in [1.54, 1.807) is 19.9 Å². The highest BCUT2D eigenvalue weighted by molar-refractivity contribution is 7.89. The number of hydrogen-bond donors (Lipinski definition) is 1. The molecule has 1 amide bonds. The lowest BCUT2D eigenvalue weighted by molar-refractivity contribution is 0.0940. The first kappa shape index (κ1) is 22.8.